The molecule has 1 rings (SSSR count). The topological polar surface area (TPSA) is 41.5 Å². The van der Waals surface area contributed by atoms with Crippen molar-refractivity contribution in [2.75, 3.05) is 20.3 Å². The molecule has 96 valence electrons. The summed E-state index contributed by atoms with van der Waals surface area (Å²) in [6, 6.07) is 0.607. The number of hydrogen-bond donors (Lipinski definition) is 2. The van der Waals surface area contributed by atoms with Gasteiger partial charge in [0.15, 0.2) is 0 Å². The van der Waals surface area contributed by atoms with E-state index in [2.05, 4.69) is 19.2 Å². The van der Waals surface area contributed by atoms with Crippen molar-refractivity contribution in [1.29, 1.82) is 0 Å². The molecule has 3 nitrogen and oxygen atoms in total. The molecule has 0 spiro atoms. The molecular formula is C13H27NO2. The molecule has 0 heterocycles. The fraction of sp³-hybridized carbons (Fsp3) is 1.00. The van der Waals surface area contributed by atoms with E-state index < -0.39 is 0 Å². The Balaban J connectivity index is 2.03. The average molecular weight is 229 g/mol. The molecule has 3 heteroatoms. The largest absolute Gasteiger partial charge is 0.396 e. The summed E-state index contributed by atoms with van der Waals surface area (Å²) >= 11 is 0. The van der Waals surface area contributed by atoms with Crippen LogP contribution in [0.4, 0.5) is 0 Å². The van der Waals surface area contributed by atoms with Crippen molar-refractivity contribution in [1.82, 2.24) is 5.32 Å². The highest BCUT2D eigenvalue weighted by molar-refractivity contribution is 5.02. The van der Waals surface area contributed by atoms with E-state index in [0.717, 1.165) is 25.8 Å². The number of unbranched alkanes of at least 4 members (excludes halogenated alkanes) is 3. The van der Waals surface area contributed by atoms with Gasteiger partial charge >= 0.3 is 0 Å². The normalized spacial score (nSPS) is 27.8. The van der Waals surface area contributed by atoms with Gasteiger partial charge in [0, 0.05) is 25.2 Å². The second-order valence-corrected chi connectivity index (χ2v) is 5.43. The van der Waals surface area contributed by atoms with Gasteiger partial charge in [-0.15, -0.1) is 0 Å². The maximum absolute atomic E-state index is 8.65. The lowest BCUT2D eigenvalue weighted by Crippen LogP contribution is -2.60. The molecule has 1 fully saturated rings. The summed E-state index contributed by atoms with van der Waals surface area (Å²) < 4.78 is 5.42. The second kappa shape index (κ2) is 6.58. The van der Waals surface area contributed by atoms with Crippen molar-refractivity contribution in [3.05, 3.63) is 0 Å². The van der Waals surface area contributed by atoms with Crippen LogP contribution in [-0.4, -0.2) is 37.5 Å². The van der Waals surface area contributed by atoms with Crippen LogP contribution in [0.1, 0.15) is 46.0 Å². The van der Waals surface area contributed by atoms with Crippen LogP contribution >= 0.6 is 0 Å². The van der Waals surface area contributed by atoms with Gasteiger partial charge in [-0.2, -0.15) is 0 Å². The Hall–Kier alpha value is -0.120. The van der Waals surface area contributed by atoms with E-state index in [4.69, 9.17) is 9.84 Å². The molecule has 1 aliphatic carbocycles. The maximum Gasteiger partial charge on any atom is 0.0652 e. The van der Waals surface area contributed by atoms with Crippen LogP contribution in [0.5, 0.6) is 0 Å². The summed E-state index contributed by atoms with van der Waals surface area (Å²) in [5.41, 5.74) is 0.278. The summed E-state index contributed by atoms with van der Waals surface area (Å²) in [4.78, 5) is 0. The van der Waals surface area contributed by atoms with Crippen LogP contribution in [0.3, 0.4) is 0 Å². The molecule has 0 saturated heterocycles. The molecule has 2 N–H and O–H groups in total. The molecule has 0 amide bonds. The highest BCUT2D eigenvalue weighted by atomic mass is 16.5. The number of ether oxygens (including phenoxy) is 1. The number of rotatable bonds is 8. The number of aliphatic hydroxyl groups is 1. The van der Waals surface area contributed by atoms with Gasteiger partial charge in [0.25, 0.3) is 0 Å². The zero-order valence-electron chi connectivity index (χ0n) is 11.0. The molecule has 2 atom stereocenters. The molecule has 1 aliphatic rings. The van der Waals surface area contributed by atoms with Gasteiger partial charge in [0.1, 0.15) is 0 Å². The van der Waals surface area contributed by atoms with Crippen molar-refractivity contribution >= 4 is 0 Å². The van der Waals surface area contributed by atoms with Crippen LogP contribution in [0, 0.1) is 5.41 Å². The number of aliphatic hydroxyl groups excluding tert-OH is 1. The Bertz CT molecular complexity index is 194. The van der Waals surface area contributed by atoms with Gasteiger partial charge in [-0.1, -0.05) is 26.7 Å². The van der Waals surface area contributed by atoms with Crippen molar-refractivity contribution < 1.29 is 9.84 Å². The first-order chi connectivity index (χ1) is 7.62. The van der Waals surface area contributed by atoms with Crippen molar-refractivity contribution in [3.63, 3.8) is 0 Å². The van der Waals surface area contributed by atoms with E-state index in [0.29, 0.717) is 18.8 Å². The molecular weight excluding hydrogens is 202 g/mol. The van der Waals surface area contributed by atoms with Crippen LogP contribution < -0.4 is 5.32 Å². The van der Waals surface area contributed by atoms with Crippen LogP contribution in [0.25, 0.3) is 0 Å². The Labute approximate surface area is 99.6 Å². The van der Waals surface area contributed by atoms with Crippen LogP contribution in [-0.2, 0) is 4.74 Å². The highest BCUT2D eigenvalue weighted by Gasteiger charge is 2.47. The Kier molecular flexibility index (Phi) is 5.73. The predicted molar refractivity (Wildman–Crippen MR) is 66.5 cm³/mol. The smallest absolute Gasteiger partial charge is 0.0652 e. The van der Waals surface area contributed by atoms with E-state index in [9.17, 15) is 0 Å². The molecule has 0 aromatic carbocycles. The summed E-state index contributed by atoms with van der Waals surface area (Å²) in [5, 5.41) is 12.3. The summed E-state index contributed by atoms with van der Waals surface area (Å²) in [7, 11) is 1.80. The third-order valence-electron chi connectivity index (χ3n) is 3.94. The lowest BCUT2D eigenvalue weighted by molar-refractivity contribution is -0.0972. The summed E-state index contributed by atoms with van der Waals surface area (Å²) in [5.74, 6) is 0. The second-order valence-electron chi connectivity index (χ2n) is 5.43. The lowest BCUT2D eigenvalue weighted by atomic mass is 9.64. The quantitative estimate of drug-likeness (QED) is 0.625. The Morgan fingerprint density at radius 3 is 2.50 bits per heavy atom. The first-order valence-corrected chi connectivity index (χ1v) is 6.50. The standard InChI is InChI=1S/C13H27NO2/c1-13(2)11(10-12(13)16-3)14-8-6-4-5-7-9-15/h11-12,14-15H,4-10H2,1-3H3. The van der Waals surface area contributed by atoms with Crippen molar-refractivity contribution in [2.45, 2.75) is 58.1 Å². The molecule has 0 radical (unpaired) electrons. The lowest BCUT2D eigenvalue weighted by Gasteiger charge is -2.51. The third-order valence-corrected chi connectivity index (χ3v) is 3.94. The minimum Gasteiger partial charge on any atom is -0.396 e. The van der Waals surface area contributed by atoms with Gasteiger partial charge in [-0.3, -0.25) is 0 Å². The van der Waals surface area contributed by atoms with E-state index >= 15 is 0 Å². The zero-order valence-corrected chi connectivity index (χ0v) is 11.0. The number of methoxy groups -OCH3 is 1. The van der Waals surface area contributed by atoms with Gasteiger partial charge in [0.2, 0.25) is 0 Å². The summed E-state index contributed by atoms with van der Waals surface area (Å²) in [6.07, 6.45) is 6.08. The maximum atomic E-state index is 8.65. The molecule has 0 aromatic rings. The van der Waals surface area contributed by atoms with E-state index in [1.165, 1.54) is 12.8 Å². The molecule has 2 unspecified atom stereocenters. The molecule has 1 saturated carbocycles. The SMILES string of the molecule is COC1CC(NCCCCCCO)C1(C)C. The van der Waals surface area contributed by atoms with Crippen LogP contribution in [0.2, 0.25) is 0 Å². The fourth-order valence-electron chi connectivity index (χ4n) is 2.50. The molecule has 0 aromatic heterocycles. The van der Waals surface area contributed by atoms with Crippen molar-refractivity contribution in [3.8, 4) is 0 Å². The summed E-state index contributed by atoms with van der Waals surface area (Å²) in [6.45, 7) is 5.97. The fourth-order valence-corrected chi connectivity index (χ4v) is 2.50. The molecule has 16 heavy (non-hydrogen) atoms. The highest BCUT2D eigenvalue weighted by Crippen LogP contribution is 2.42. The predicted octanol–water partition coefficient (Wildman–Crippen LogP) is 1.94. The first-order valence-electron chi connectivity index (χ1n) is 6.50. The van der Waals surface area contributed by atoms with E-state index in [1.807, 2.05) is 0 Å². The minimum absolute atomic E-state index is 0.278. The monoisotopic (exact) mass is 229 g/mol. The zero-order chi connectivity index (χ0) is 12.0. The Morgan fingerprint density at radius 1 is 1.25 bits per heavy atom. The van der Waals surface area contributed by atoms with E-state index in [-0.39, 0.29) is 5.41 Å². The molecule has 0 bridgehead atoms. The number of hydrogen-bond acceptors (Lipinski definition) is 3. The van der Waals surface area contributed by atoms with Gasteiger partial charge in [0.05, 0.1) is 6.10 Å². The minimum atomic E-state index is 0.278. The van der Waals surface area contributed by atoms with Gasteiger partial charge in [-0.25, -0.2) is 0 Å². The molecule has 0 aliphatic heterocycles. The Morgan fingerprint density at radius 2 is 1.94 bits per heavy atom. The number of nitrogens with one attached hydrogen (secondary N) is 1. The third kappa shape index (κ3) is 3.44. The average Bonchev–Trinajstić information content (AvgIpc) is 2.26. The van der Waals surface area contributed by atoms with Gasteiger partial charge in [-0.05, 0) is 25.8 Å². The first kappa shape index (κ1) is 13.9. The van der Waals surface area contributed by atoms with Gasteiger partial charge < -0.3 is 15.2 Å². The van der Waals surface area contributed by atoms with E-state index in [1.54, 1.807) is 7.11 Å². The van der Waals surface area contributed by atoms with Crippen LogP contribution in [0.15, 0.2) is 0 Å². The van der Waals surface area contributed by atoms with Crippen molar-refractivity contribution in [2.24, 2.45) is 5.41 Å².